The molecule has 1 amide bonds. The van der Waals surface area contributed by atoms with Crippen molar-refractivity contribution in [1.29, 1.82) is 0 Å². The largest absolute Gasteiger partial charge is 0.496 e. The third kappa shape index (κ3) is 5.04. The fourth-order valence-corrected chi connectivity index (χ4v) is 2.45. The highest BCUT2D eigenvalue weighted by atomic mass is 35.5. The average molecular weight is 394 g/mol. The molecular weight excluding hydrogens is 374 g/mol. The molecule has 0 fully saturated rings. The lowest BCUT2D eigenvalue weighted by Crippen LogP contribution is -2.21. The quantitative estimate of drug-likeness (QED) is 0.725. The van der Waals surface area contributed by atoms with Crippen LogP contribution < -0.4 is 19.5 Å². The molecule has 0 bridgehead atoms. The van der Waals surface area contributed by atoms with Crippen molar-refractivity contribution in [2.24, 2.45) is 0 Å². The maximum absolute atomic E-state index is 12.3. The Labute approximate surface area is 162 Å². The van der Waals surface area contributed by atoms with Gasteiger partial charge in [0.15, 0.2) is 18.1 Å². The summed E-state index contributed by atoms with van der Waals surface area (Å²) >= 11 is 6.02. The van der Waals surface area contributed by atoms with Crippen LogP contribution in [0.15, 0.2) is 30.3 Å². The van der Waals surface area contributed by atoms with Gasteiger partial charge in [0, 0.05) is 22.8 Å². The number of methoxy groups -OCH3 is 3. The van der Waals surface area contributed by atoms with Crippen LogP contribution in [0.2, 0.25) is 5.02 Å². The summed E-state index contributed by atoms with van der Waals surface area (Å²) in [6.45, 7) is 1.38. The number of aryl methyl sites for hydroxylation is 1. The number of anilines is 1. The highest BCUT2D eigenvalue weighted by molar-refractivity contribution is 6.31. The Morgan fingerprint density at radius 3 is 2.19 bits per heavy atom. The first-order chi connectivity index (χ1) is 12.9. The van der Waals surface area contributed by atoms with Gasteiger partial charge < -0.3 is 24.3 Å². The van der Waals surface area contributed by atoms with E-state index in [1.165, 1.54) is 33.5 Å². The summed E-state index contributed by atoms with van der Waals surface area (Å²) in [4.78, 5) is 24.4. The van der Waals surface area contributed by atoms with Crippen molar-refractivity contribution in [3.8, 4) is 17.2 Å². The molecule has 2 aromatic rings. The predicted octanol–water partition coefficient (Wildman–Crippen LogP) is 3.47. The van der Waals surface area contributed by atoms with Crippen LogP contribution in [0.3, 0.4) is 0 Å². The maximum Gasteiger partial charge on any atom is 0.342 e. The zero-order valence-corrected chi connectivity index (χ0v) is 16.2. The minimum Gasteiger partial charge on any atom is -0.496 e. The van der Waals surface area contributed by atoms with Gasteiger partial charge in [-0.15, -0.1) is 0 Å². The van der Waals surface area contributed by atoms with Gasteiger partial charge in [-0.2, -0.15) is 0 Å². The molecule has 1 N–H and O–H groups in total. The molecule has 7 nitrogen and oxygen atoms in total. The number of hydrogen-bond acceptors (Lipinski definition) is 6. The number of carbonyl (C=O) groups excluding carboxylic acids is 2. The van der Waals surface area contributed by atoms with Gasteiger partial charge in [-0.1, -0.05) is 17.7 Å². The van der Waals surface area contributed by atoms with Gasteiger partial charge in [0.25, 0.3) is 5.91 Å². The minimum absolute atomic E-state index is 0.112. The summed E-state index contributed by atoms with van der Waals surface area (Å²) < 4.78 is 20.6. The lowest BCUT2D eigenvalue weighted by Gasteiger charge is -2.13. The van der Waals surface area contributed by atoms with Gasteiger partial charge in [0.05, 0.1) is 21.3 Å². The molecule has 144 valence electrons. The van der Waals surface area contributed by atoms with Crippen LogP contribution in [0.5, 0.6) is 17.2 Å². The molecule has 2 rings (SSSR count). The Morgan fingerprint density at radius 1 is 0.963 bits per heavy atom. The van der Waals surface area contributed by atoms with Crippen LogP contribution >= 0.6 is 11.6 Å². The van der Waals surface area contributed by atoms with Crippen molar-refractivity contribution in [1.82, 2.24) is 0 Å². The maximum atomic E-state index is 12.3. The lowest BCUT2D eigenvalue weighted by molar-refractivity contribution is -0.119. The summed E-state index contributed by atoms with van der Waals surface area (Å²) in [6.07, 6.45) is 0. The van der Waals surface area contributed by atoms with E-state index in [4.69, 9.17) is 30.5 Å². The molecule has 0 aliphatic heterocycles. The number of carbonyl (C=O) groups is 2. The molecule has 0 aliphatic rings. The number of nitrogens with one attached hydrogen (secondary N) is 1. The third-order valence-electron chi connectivity index (χ3n) is 3.72. The molecule has 0 radical (unpaired) electrons. The monoisotopic (exact) mass is 393 g/mol. The zero-order valence-electron chi connectivity index (χ0n) is 15.4. The highest BCUT2D eigenvalue weighted by Crippen LogP contribution is 2.34. The van der Waals surface area contributed by atoms with E-state index >= 15 is 0 Å². The number of ether oxygens (including phenoxy) is 4. The van der Waals surface area contributed by atoms with Gasteiger partial charge in [0.2, 0.25) is 0 Å². The molecule has 0 atom stereocenters. The molecule has 0 saturated carbocycles. The second-order valence-electron chi connectivity index (χ2n) is 5.50. The van der Waals surface area contributed by atoms with Gasteiger partial charge in [-0.05, 0) is 24.6 Å². The molecule has 0 aromatic heterocycles. The van der Waals surface area contributed by atoms with E-state index in [1.807, 2.05) is 6.92 Å². The molecule has 27 heavy (non-hydrogen) atoms. The van der Waals surface area contributed by atoms with E-state index in [0.29, 0.717) is 22.2 Å². The van der Waals surface area contributed by atoms with Crippen LogP contribution in [0.25, 0.3) is 0 Å². The molecule has 0 spiro atoms. The lowest BCUT2D eigenvalue weighted by atomic mass is 10.1. The van der Waals surface area contributed by atoms with E-state index in [-0.39, 0.29) is 11.3 Å². The van der Waals surface area contributed by atoms with Crippen molar-refractivity contribution in [2.75, 3.05) is 33.3 Å². The Balaban J connectivity index is 2.06. The molecule has 0 aliphatic carbocycles. The topological polar surface area (TPSA) is 83.1 Å². The van der Waals surface area contributed by atoms with Gasteiger partial charge in [0.1, 0.15) is 11.3 Å². The first-order valence-corrected chi connectivity index (χ1v) is 8.30. The number of hydrogen-bond donors (Lipinski definition) is 1. The standard InChI is InChI=1S/C19H20ClNO6/c1-11-5-6-12(7-14(11)20)21-18(22)10-27-19(23)13-8-16(25-3)17(26-4)9-15(13)24-2/h5-9H,10H2,1-4H3,(H,21,22). The van der Waals surface area contributed by atoms with E-state index < -0.39 is 18.5 Å². The highest BCUT2D eigenvalue weighted by Gasteiger charge is 2.20. The van der Waals surface area contributed by atoms with Crippen LogP contribution in [-0.2, 0) is 9.53 Å². The second kappa shape index (κ2) is 9.14. The number of rotatable bonds is 7. The van der Waals surface area contributed by atoms with Gasteiger partial charge in [-0.25, -0.2) is 4.79 Å². The molecular formula is C19H20ClNO6. The van der Waals surface area contributed by atoms with Crippen LogP contribution in [-0.4, -0.2) is 39.8 Å². The first-order valence-electron chi connectivity index (χ1n) is 7.92. The van der Waals surface area contributed by atoms with Crippen molar-refractivity contribution >= 4 is 29.2 Å². The number of halogens is 1. The zero-order chi connectivity index (χ0) is 20.0. The molecule has 8 heteroatoms. The minimum atomic E-state index is -0.732. The van der Waals surface area contributed by atoms with Crippen LogP contribution in [0, 0.1) is 6.92 Å². The number of amides is 1. The van der Waals surface area contributed by atoms with Crippen LogP contribution in [0.4, 0.5) is 5.69 Å². The molecule has 0 heterocycles. The summed E-state index contributed by atoms with van der Waals surface area (Å²) in [6, 6.07) is 8.03. The van der Waals surface area contributed by atoms with Crippen molar-refractivity contribution in [3.63, 3.8) is 0 Å². The predicted molar refractivity (Wildman–Crippen MR) is 101 cm³/mol. The summed E-state index contributed by atoms with van der Waals surface area (Å²) in [7, 11) is 4.32. The van der Waals surface area contributed by atoms with E-state index in [2.05, 4.69) is 5.32 Å². The third-order valence-corrected chi connectivity index (χ3v) is 4.12. The Kier molecular flexibility index (Phi) is 6.90. The van der Waals surface area contributed by atoms with E-state index in [9.17, 15) is 9.59 Å². The summed E-state index contributed by atoms with van der Waals surface area (Å²) in [5, 5.41) is 3.14. The van der Waals surface area contributed by atoms with Crippen LogP contribution in [0.1, 0.15) is 15.9 Å². The Hall–Kier alpha value is -2.93. The first kappa shape index (κ1) is 20.4. The number of esters is 1. The molecule has 2 aromatic carbocycles. The van der Waals surface area contributed by atoms with Gasteiger partial charge >= 0.3 is 5.97 Å². The normalized spacial score (nSPS) is 10.1. The van der Waals surface area contributed by atoms with Gasteiger partial charge in [-0.3, -0.25) is 4.79 Å². The smallest absolute Gasteiger partial charge is 0.342 e. The second-order valence-corrected chi connectivity index (χ2v) is 5.90. The fraction of sp³-hybridized carbons (Fsp3) is 0.263. The number of benzene rings is 2. The van der Waals surface area contributed by atoms with Crippen molar-refractivity contribution in [2.45, 2.75) is 6.92 Å². The molecule has 0 unspecified atom stereocenters. The van der Waals surface area contributed by atoms with E-state index in [0.717, 1.165) is 5.56 Å². The summed E-state index contributed by atoms with van der Waals surface area (Å²) in [5.74, 6) is -0.250. The van der Waals surface area contributed by atoms with Crippen molar-refractivity contribution < 1.29 is 28.5 Å². The SMILES string of the molecule is COc1cc(OC)c(C(=O)OCC(=O)Nc2ccc(C)c(Cl)c2)cc1OC. The average Bonchev–Trinajstić information content (AvgIpc) is 2.67. The summed E-state index contributed by atoms with van der Waals surface area (Å²) in [5.41, 5.74) is 1.51. The van der Waals surface area contributed by atoms with Crippen molar-refractivity contribution in [3.05, 3.63) is 46.5 Å². The Bertz CT molecular complexity index is 852. The fourth-order valence-electron chi connectivity index (χ4n) is 2.27. The van der Waals surface area contributed by atoms with E-state index in [1.54, 1.807) is 18.2 Å². The molecule has 0 saturated heterocycles. The Morgan fingerprint density at radius 2 is 1.59 bits per heavy atom.